The van der Waals surface area contributed by atoms with Crippen molar-refractivity contribution >= 4 is 0 Å². The molecule has 1 saturated heterocycles. The van der Waals surface area contributed by atoms with Gasteiger partial charge in [0.1, 0.15) is 12.4 Å². The predicted octanol–water partition coefficient (Wildman–Crippen LogP) is 1.74. The summed E-state index contributed by atoms with van der Waals surface area (Å²) in [5.41, 5.74) is 1.43. The van der Waals surface area contributed by atoms with E-state index in [0.29, 0.717) is 0 Å². The Kier molecular flexibility index (Phi) is 2.00. The minimum absolute atomic E-state index is 0.224. The number of hydrogen-bond acceptors (Lipinski definition) is 2. The summed E-state index contributed by atoms with van der Waals surface area (Å²) in [6.07, 6.45) is 0. The minimum atomic E-state index is 0.224. The van der Waals surface area contributed by atoms with Crippen molar-refractivity contribution in [3.63, 3.8) is 0 Å². The van der Waals surface area contributed by atoms with Crippen molar-refractivity contribution in [3.8, 4) is 5.75 Å². The second-order valence-electron chi connectivity index (χ2n) is 3.97. The van der Waals surface area contributed by atoms with Crippen molar-refractivity contribution in [2.75, 3.05) is 13.2 Å². The number of aryl methyl sites for hydroxylation is 1. The lowest BCUT2D eigenvalue weighted by Gasteiger charge is -2.11. The summed E-state index contributed by atoms with van der Waals surface area (Å²) in [7, 11) is 0. The molecule has 1 aromatic rings. The van der Waals surface area contributed by atoms with E-state index in [1.165, 1.54) is 5.56 Å². The molecule has 70 valence electrons. The van der Waals surface area contributed by atoms with Gasteiger partial charge < -0.3 is 10.1 Å². The summed E-state index contributed by atoms with van der Waals surface area (Å²) >= 11 is 0. The zero-order valence-electron chi connectivity index (χ0n) is 8.13. The molecule has 1 unspecified atom stereocenters. The van der Waals surface area contributed by atoms with Gasteiger partial charge in [0, 0.05) is 6.54 Å². The first kappa shape index (κ1) is 8.57. The third kappa shape index (κ3) is 2.01. The molecule has 0 spiro atoms. The van der Waals surface area contributed by atoms with E-state index >= 15 is 0 Å². The highest BCUT2D eigenvalue weighted by atomic mass is 16.5. The third-order valence-corrected chi connectivity index (χ3v) is 2.42. The van der Waals surface area contributed by atoms with Crippen LogP contribution in [0.2, 0.25) is 0 Å². The van der Waals surface area contributed by atoms with Crippen LogP contribution in [0, 0.1) is 6.92 Å². The van der Waals surface area contributed by atoms with Gasteiger partial charge in [0.25, 0.3) is 0 Å². The average molecular weight is 177 g/mol. The normalized spacial score (nSPS) is 25.7. The van der Waals surface area contributed by atoms with Gasteiger partial charge in [-0.1, -0.05) is 18.2 Å². The van der Waals surface area contributed by atoms with E-state index in [0.717, 1.165) is 18.9 Å². The van der Waals surface area contributed by atoms with Gasteiger partial charge in [-0.3, -0.25) is 0 Å². The molecular formula is C11H15NO. The average Bonchev–Trinajstić information content (AvgIpc) is 2.83. The monoisotopic (exact) mass is 177 g/mol. The Morgan fingerprint density at radius 1 is 1.46 bits per heavy atom. The second-order valence-corrected chi connectivity index (χ2v) is 3.97. The van der Waals surface area contributed by atoms with Crippen LogP contribution in [0.5, 0.6) is 5.75 Å². The van der Waals surface area contributed by atoms with Crippen molar-refractivity contribution in [1.82, 2.24) is 5.32 Å². The van der Waals surface area contributed by atoms with E-state index in [1.54, 1.807) is 0 Å². The summed E-state index contributed by atoms with van der Waals surface area (Å²) in [6, 6.07) is 8.11. The van der Waals surface area contributed by atoms with E-state index in [2.05, 4.69) is 25.2 Å². The molecule has 1 aliphatic rings. The molecule has 0 radical (unpaired) electrons. The molecule has 1 atom stereocenters. The maximum absolute atomic E-state index is 5.70. The Morgan fingerprint density at radius 3 is 2.77 bits per heavy atom. The molecule has 1 fully saturated rings. The lowest BCUT2D eigenvalue weighted by Crippen LogP contribution is -2.20. The van der Waals surface area contributed by atoms with E-state index in [9.17, 15) is 0 Å². The van der Waals surface area contributed by atoms with Gasteiger partial charge in [-0.2, -0.15) is 0 Å². The van der Waals surface area contributed by atoms with Crippen LogP contribution in [0.3, 0.4) is 0 Å². The molecule has 0 saturated carbocycles. The molecular weight excluding hydrogens is 162 g/mol. The molecule has 2 heteroatoms. The Morgan fingerprint density at radius 2 is 2.15 bits per heavy atom. The molecule has 2 nitrogen and oxygen atoms in total. The summed E-state index contributed by atoms with van der Waals surface area (Å²) < 4.78 is 5.70. The van der Waals surface area contributed by atoms with Crippen LogP contribution in [-0.4, -0.2) is 18.7 Å². The maximum atomic E-state index is 5.70. The van der Waals surface area contributed by atoms with Gasteiger partial charge in [0.2, 0.25) is 0 Å². The highest BCUT2D eigenvalue weighted by molar-refractivity contribution is 5.32. The van der Waals surface area contributed by atoms with Gasteiger partial charge >= 0.3 is 0 Å². The number of hydrogen-bond donors (Lipinski definition) is 1. The highest BCUT2D eigenvalue weighted by Crippen LogP contribution is 2.21. The summed E-state index contributed by atoms with van der Waals surface area (Å²) in [5.74, 6) is 0.998. The van der Waals surface area contributed by atoms with E-state index in [1.807, 2.05) is 18.2 Å². The molecule has 2 rings (SSSR count). The Labute approximate surface area is 78.9 Å². The van der Waals surface area contributed by atoms with Gasteiger partial charge in [-0.15, -0.1) is 0 Å². The molecule has 1 aromatic carbocycles. The van der Waals surface area contributed by atoms with Crippen LogP contribution in [-0.2, 0) is 0 Å². The first-order chi connectivity index (χ1) is 6.20. The van der Waals surface area contributed by atoms with E-state index in [-0.39, 0.29) is 5.54 Å². The van der Waals surface area contributed by atoms with Gasteiger partial charge in [0.15, 0.2) is 0 Å². The van der Waals surface area contributed by atoms with Gasteiger partial charge in [-0.25, -0.2) is 0 Å². The Balaban J connectivity index is 1.97. The number of nitrogens with one attached hydrogen (secondary N) is 1. The summed E-state index contributed by atoms with van der Waals surface area (Å²) in [5, 5.41) is 3.28. The first-order valence-electron chi connectivity index (χ1n) is 4.63. The zero-order chi connectivity index (χ0) is 9.31. The fourth-order valence-electron chi connectivity index (χ4n) is 1.21. The molecule has 0 amide bonds. The highest BCUT2D eigenvalue weighted by Gasteiger charge is 2.37. The molecule has 13 heavy (non-hydrogen) atoms. The van der Waals surface area contributed by atoms with Crippen LogP contribution in [0.25, 0.3) is 0 Å². The van der Waals surface area contributed by atoms with Crippen molar-refractivity contribution in [1.29, 1.82) is 0 Å². The van der Waals surface area contributed by atoms with Crippen LogP contribution < -0.4 is 10.1 Å². The topological polar surface area (TPSA) is 31.2 Å². The van der Waals surface area contributed by atoms with E-state index in [4.69, 9.17) is 4.74 Å². The molecule has 1 N–H and O–H groups in total. The summed E-state index contributed by atoms with van der Waals surface area (Å²) in [4.78, 5) is 0. The number of benzene rings is 1. The van der Waals surface area contributed by atoms with Crippen molar-refractivity contribution in [2.45, 2.75) is 19.4 Å². The lowest BCUT2D eigenvalue weighted by molar-refractivity contribution is 0.281. The van der Waals surface area contributed by atoms with Gasteiger partial charge in [-0.05, 0) is 25.5 Å². The van der Waals surface area contributed by atoms with Crippen LogP contribution in [0.1, 0.15) is 12.5 Å². The standard InChI is InChI=1S/C11H15NO/c1-9-5-3-4-6-10(9)13-8-11(2)7-12-11/h3-6,12H,7-8H2,1-2H3. The summed E-state index contributed by atoms with van der Waals surface area (Å²) in [6.45, 7) is 6.07. The number of para-hydroxylation sites is 1. The largest absolute Gasteiger partial charge is 0.491 e. The molecule has 0 aliphatic carbocycles. The first-order valence-corrected chi connectivity index (χ1v) is 4.63. The van der Waals surface area contributed by atoms with E-state index < -0.39 is 0 Å². The fraction of sp³-hybridized carbons (Fsp3) is 0.455. The smallest absolute Gasteiger partial charge is 0.122 e. The maximum Gasteiger partial charge on any atom is 0.122 e. The Hall–Kier alpha value is -1.02. The third-order valence-electron chi connectivity index (χ3n) is 2.42. The number of ether oxygens (including phenoxy) is 1. The molecule has 1 heterocycles. The quantitative estimate of drug-likeness (QED) is 0.713. The van der Waals surface area contributed by atoms with Crippen molar-refractivity contribution < 1.29 is 4.74 Å². The molecule has 0 bridgehead atoms. The predicted molar refractivity (Wildman–Crippen MR) is 53.1 cm³/mol. The van der Waals surface area contributed by atoms with Crippen LogP contribution in [0.15, 0.2) is 24.3 Å². The molecule has 1 aliphatic heterocycles. The minimum Gasteiger partial charge on any atom is -0.491 e. The van der Waals surface area contributed by atoms with Crippen LogP contribution >= 0.6 is 0 Å². The zero-order valence-corrected chi connectivity index (χ0v) is 8.13. The second kappa shape index (κ2) is 3.04. The number of rotatable bonds is 3. The fourth-order valence-corrected chi connectivity index (χ4v) is 1.21. The lowest BCUT2D eigenvalue weighted by atomic mass is 10.2. The van der Waals surface area contributed by atoms with Crippen molar-refractivity contribution in [2.24, 2.45) is 0 Å². The molecule has 0 aromatic heterocycles. The van der Waals surface area contributed by atoms with Gasteiger partial charge in [0.05, 0.1) is 5.54 Å². The van der Waals surface area contributed by atoms with Crippen LogP contribution in [0.4, 0.5) is 0 Å². The SMILES string of the molecule is Cc1ccccc1OCC1(C)CN1. The van der Waals surface area contributed by atoms with Crippen molar-refractivity contribution in [3.05, 3.63) is 29.8 Å². The Bertz CT molecular complexity index is 305.